The van der Waals surface area contributed by atoms with Gasteiger partial charge < -0.3 is 28.4 Å². The number of amides is 2. The van der Waals surface area contributed by atoms with E-state index in [0.29, 0.717) is 4.90 Å². The molecule has 1 aliphatic heterocycles. The first-order valence-corrected chi connectivity index (χ1v) is 13.4. The monoisotopic (exact) mass is 625 g/mol. The minimum Gasteiger partial charge on any atom is -0.458 e. The first-order valence-electron chi connectivity index (χ1n) is 13.4. The number of cyclic esters (lactones) is 1. The number of halogens is 6. The highest BCUT2D eigenvalue weighted by Gasteiger charge is 2.44. The van der Waals surface area contributed by atoms with E-state index in [2.05, 4.69) is 0 Å². The lowest BCUT2D eigenvalue weighted by molar-refractivity contribution is -0.174. The zero-order valence-electron chi connectivity index (χ0n) is 24.9. The largest absolute Gasteiger partial charge is 0.458 e. The molecule has 1 saturated heterocycles. The highest BCUT2D eigenvalue weighted by atomic mass is 19.4. The average Bonchev–Trinajstić information content (AvgIpc) is 2.80. The van der Waals surface area contributed by atoms with Crippen molar-refractivity contribution in [3.63, 3.8) is 0 Å². The molecule has 0 saturated carbocycles. The normalized spacial score (nSPS) is 22.8. The zero-order chi connectivity index (χ0) is 32.5. The summed E-state index contributed by atoms with van der Waals surface area (Å²) in [6.45, 7) is 8.56. The van der Waals surface area contributed by atoms with Gasteiger partial charge in [-0.25, -0.2) is 14.4 Å². The van der Waals surface area contributed by atoms with Crippen LogP contribution in [0.15, 0.2) is 0 Å². The number of hydrogen-bond donors (Lipinski definition) is 0. The molecule has 0 unspecified atom stereocenters. The van der Waals surface area contributed by atoms with Gasteiger partial charge in [0.15, 0.2) is 6.04 Å². The van der Waals surface area contributed by atoms with Crippen molar-refractivity contribution in [2.75, 3.05) is 26.4 Å². The second-order valence-corrected chi connectivity index (χ2v) is 11.7. The van der Waals surface area contributed by atoms with Gasteiger partial charge in [-0.05, 0) is 61.3 Å². The van der Waals surface area contributed by atoms with E-state index in [1.807, 2.05) is 0 Å². The van der Waals surface area contributed by atoms with E-state index in [1.165, 1.54) is 48.5 Å². The molecular formula is C26H41F6NO9. The van der Waals surface area contributed by atoms with Gasteiger partial charge in [0, 0.05) is 26.1 Å². The molecule has 0 aliphatic carbocycles. The number of ether oxygens (including phenoxy) is 6. The summed E-state index contributed by atoms with van der Waals surface area (Å²) in [5.74, 6) is -1.15. The lowest BCUT2D eigenvalue weighted by Gasteiger charge is -2.32. The van der Waals surface area contributed by atoms with Gasteiger partial charge in [0.2, 0.25) is 0 Å². The van der Waals surface area contributed by atoms with Gasteiger partial charge in [0.25, 0.3) is 0 Å². The van der Waals surface area contributed by atoms with Crippen LogP contribution in [0.1, 0.15) is 74.1 Å². The van der Waals surface area contributed by atoms with Crippen LogP contribution in [0.3, 0.4) is 0 Å². The highest BCUT2D eigenvalue weighted by Crippen LogP contribution is 2.25. The van der Waals surface area contributed by atoms with Crippen LogP contribution >= 0.6 is 0 Å². The average molecular weight is 626 g/mol. The van der Waals surface area contributed by atoms with Crippen LogP contribution in [0, 0.1) is 0 Å². The molecule has 1 rings (SSSR count). The summed E-state index contributed by atoms with van der Waals surface area (Å²) in [4.78, 5) is 39.7. The third-order valence-electron chi connectivity index (χ3n) is 5.30. The van der Waals surface area contributed by atoms with Gasteiger partial charge >= 0.3 is 30.5 Å². The molecule has 0 radical (unpaired) electrons. The fourth-order valence-electron chi connectivity index (χ4n) is 3.61. The summed E-state index contributed by atoms with van der Waals surface area (Å²) < 4.78 is 108. The van der Waals surface area contributed by atoms with Crippen LogP contribution in [0.4, 0.5) is 35.9 Å². The molecule has 0 aromatic rings. The summed E-state index contributed by atoms with van der Waals surface area (Å²) in [5, 5.41) is 0. The maximum Gasteiger partial charge on any atom is 0.420 e. The summed E-state index contributed by atoms with van der Waals surface area (Å²) in [5.41, 5.74) is -2.17. The van der Waals surface area contributed by atoms with Crippen LogP contribution in [0.5, 0.6) is 0 Å². The molecule has 0 spiro atoms. The van der Waals surface area contributed by atoms with Gasteiger partial charge in [0.1, 0.15) is 29.5 Å². The smallest absolute Gasteiger partial charge is 0.420 e. The molecule has 2 amide bonds. The summed E-state index contributed by atoms with van der Waals surface area (Å²) in [7, 11) is 0. The van der Waals surface area contributed by atoms with E-state index in [9.17, 15) is 40.7 Å². The molecule has 0 aromatic heterocycles. The van der Waals surface area contributed by atoms with Crippen LogP contribution in [-0.4, -0.2) is 97.4 Å². The van der Waals surface area contributed by atoms with Gasteiger partial charge in [-0.2, -0.15) is 31.2 Å². The Labute approximate surface area is 241 Å². The van der Waals surface area contributed by atoms with E-state index in [1.54, 1.807) is 0 Å². The van der Waals surface area contributed by atoms with E-state index in [0.717, 1.165) is 0 Å². The minimum atomic E-state index is -4.45. The Hall–Kier alpha value is -2.33. The number of carbonyl (C=O) groups excluding carboxylic acids is 3. The van der Waals surface area contributed by atoms with Crippen molar-refractivity contribution >= 4 is 18.2 Å². The predicted molar refractivity (Wildman–Crippen MR) is 135 cm³/mol. The first-order chi connectivity index (χ1) is 19.0. The molecule has 246 valence electrons. The Morgan fingerprint density at radius 3 is 1.69 bits per heavy atom. The lowest BCUT2D eigenvalue weighted by atomic mass is 10.1. The molecule has 0 bridgehead atoms. The Bertz CT molecular complexity index is 855. The number of rotatable bonds is 9. The number of esters is 1. The molecule has 1 fully saturated rings. The Kier molecular flexibility index (Phi) is 13.8. The molecule has 10 nitrogen and oxygen atoms in total. The highest BCUT2D eigenvalue weighted by molar-refractivity contribution is 5.94. The number of alkyl halides is 6. The van der Waals surface area contributed by atoms with Crippen LogP contribution in [0.25, 0.3) is 0 Å². The predicted octanol–water partition coefficient (Wildman–Crippen LogP) is 5.94. The third kappa shape index (κ3) is 15.2. The van der Waals surface area contributed by atoms with Crippen LogP contribution in [0.2, 0.25) is 0 Å². The van der Waals surface area contributed by atoms with Gasteiger partial charge in [-0.1, -0.05) is 0 Å². The molecule has 0 N–H and O–H groups in total. The summed E-state index contributed by atoms with van der Waals surface area (Å²) >= 11 is 0. The summed E-state index contributed by atoms with van der Waals surface area (Å²) in [6, 6.07) is -1.73. The van der Waals surface area contributed by atoms with Gasteiger partial charge in [0.05, 0.1) is 13.2 Å². The van der Waals surface area contributed by atoms with E-state index >= 15 is 0 Å². The first kappa shape index (κ1) is 37.7. The lowest BCUT2D eigenvalue weighted by Crippen LogP contribution is -2.54. The molecule has 16 heteroatoms. The van der Waals surface area contributed by atoms with E-state index in [4.69, 9.17) is 28.4 Å². The van der Waals surface area contributed by atoms with Crippen molar-refractivity contribution in [2.24, 2.45) is 0 Å². The van der Waals surface area contributed by atoms with Crippen LogP contribution in [-0.2, 0) is 33.2 Å². The number of nitrogens with zero attached hydrogens (tertiary/aromatic N) is 1. The SMILES string of the molecule is C[C@@H]1OC(=O)[C@@H](N(C(=O)OC(C)(C)C)C(=O)OC(C)(C)C)COC[C@H](OCCCC(F)(F)F)[C@H]1OCCCC(F)(F)F. The van der Waals surface area contributed by atoms with Crippen molar-refractivity contribution in [1.29, 1.82) is 0 Å². The fraction of sp³-hybridized carbons (Fsp3) is 0.885. The maximum absolute atomic E-state index is 13.3. The molecule has 42 heavy (non-hydrogen) atoms. The van der Waals surface area contributed by atoms with Crippen molar-refractivity contribution in [3.05, 3.63) is 0 Å². The Morgan fingerprint density at radius 1 is 0.810 bits per heavy atom. The zero-order valence-corrected chi connectivity index (χ0v) is 24.9. The molecule has 0 aromatic carbocycles. The van der Waals surface area contributed by atoms with Crippen molar-refractivity contribution in [2.45, 2.75) is 122 Å². The van der Waals surface area contributed by atoms with Gasteiger partial charge in [-0.15, -0.1) is 0 Å². The summed E-state index contributed by atoms with van der Waals surface area (Å²) in [6.07, 6.45) is -18.2. The van der Waals surface area contributed by atoms with E-state index in [-0.39, 0.29) is 0 Å². The maximum atomic E-state index is 13.3. The quantitative estimate of drug-likeness (QED) is 0.133. The van der Waals surface area contributed by atoms with Crippen LogP contribution < -0.4 is 0 Å². The van der Waals surface area contributed by atoms with Gasteiger partial charge in [-0.3, -0.25) is 0 Å². The van der Waals surface area contributed by atoms with E-state index < -0.39 is 118 Å². The molecule has 4 atom stereocenters. The standard InChI is InChI=1S/C26H41F6NO9/c1-16-19(39-13-9-11-26(30,31)32)18(38-12-8-10-25(27,28)29)15-37-14-17(20(34)40-16)33(21(35)41-23(2,3)4)22(36)42-24(5,6)7/h16-19H,8-15H2,1-7H3/t16-,17-,18-,19-/m0/s1. The Morgan fingerprint density at radius 2 is 1.26 bits per heavy atom. The molecular weight excluding hydrogens is 584 g/mol. The van der Waals surface area contributed by atoms with Crippen molar-refractivity contribution in [3.8, 4) is 0 Å². The second-order valence-electron chi connectivity index (χ2n) is 11.7. The van der Waals surface area contributed by atoms with Crippen molar-refractivity contribution < 1.29 is 69.1 Å². The molecule has 1 heterocycles. The fourth-order valence-corrected chi connectivity index (χ4v) is 3.61. The minimum absolute atomic E-state index is 0.398. The number of carbonyl (C=O) groups is 3. The second kappa shape index (κ2) is 15.4. The third-order valence-corrected chi connectivity index (χ3v) is 5.30. The van der Waals surface area contributed by atoms with Crippen molar-refractivity contribution in [1.82, 2.24) is 4.90 Å². The molecule has 1 aliphatic rings. The Balaban J connectivity index is 3.26. The number of imide groups is 1. The number of hydrogen-bond acceptors (Lipinski definition) is 9. The topological polar surface area (TPSA) is 110 Å².